The molecule has 0 rings (SSSR count). The highest BCUT2D eigenvalue weighted by molar-refractivity contribution is 5.93. The summed E-state index contributed by atoms with van der Waals surface area (Å²) in [4.78, 5) is 9.98. The number of carbonyl (C=O) groups excluding carboxylic acids is 1. The van der Waals surface area contributed by atoms with Crippen LogP contribution in [-0.2, 0) is 4.79 Å². The Labute approximate surface area is 37.7 Å². The highest BCUT2D eigenvalue weighted by atomic mass is 16.1. The van der Waals surface area contributed by atoms with Gasteiger partial charge in [0.2, 0.25) is 0 Å². The summed E-state index contributed by atoms with van der Waals surface area (Å²) in [7, 11) is 0. The fourth-order valence-electron chi connectivity index (χ4n) is 0. The molecule has 0 N–H and O–H groups in total. The summed E-state index contributed by atoms with van der Waals surface area (Å²) < 4.78 is 0. The molecule has 0 aromatic heterocycles. The van der Waals surface area contributed by atoms with Crippen LogP contribution in [-0.4, -0.2) is 5.78 Å². The zero-order valence-electron chi connectivity index (χ0n) is 3.82. The van der Waals surface area contributed by atoms with Crippen LogP contribution in [0.2, 0.25) is 0 Å². The topological polar surface area (TPSA) is 17.1 Å². The summed E-state index contributed by atoms with van der Waals surface area (Å²) >= 11 is 0. The number of rotatable bonds is 1. The third kappa shape index (κ3) is 1.70. The largest absolute Gasteiger partial charge is 0.295 e. The summed E-state index contributed by atoms with van der Waals surface area (Å²) in [6.07, 6.45) is 0. The minimum atomic E-state index is -0.0463. The van der Waals surface area contributed by atoms with E-state index in [1.54, 1.807) is 0 Å². The van der Waals surface area contributed by atoms with E-state index in [-0.39, 0.29) is 5.78 Å². The molecule has 0 bridgehead atoms. The van der Waals surface area contributed by atoms with Gasteiger partial charge in [-0.05, 0) is 19.4 Å². The lowest BCUT2D eigenvalue weighted by molar-refractivity contribution is -0.113. The van der Waals surface area contributed by atoms with E-state index >= 15 is 0 Å². The van der Waals surface area contributed by atoms with E-state index in [9.17, 15) is 4.79 Å². The molecule has 0 aromatic carbocycles. The van der Waals surface area contributed by atoms with Crippen LogP contribution in [0.25, 0.3) is 0 Å². The molecule has 33 valence electrons. The van der Waals surface area contributed by atoms with Crippen LogP contribution in [0, 0.1) is 6.92 Å². The smallest absolute Gasteiger partial charge is 0.155 e. The van der Waals surface area contributed by atoms with Gasteiger partial charge in [0.05, 0.1) is 0 Å². The van der Waals surface area contributed by atoms with Gasteiger partial charge in [0.1, 0.15) is 0 Å². The number of allylic oxidation sites excluding steroid dienone is 1. The standard InChI is InChI=1S/C5H7O/c1-4(2)5(3)6/h1-2H2,3H3. The average molecular weight is 83.1 g/mol. The van der Waals surface area contributed by atoms with E-state index in [0.29, 0.717) is 5.57 Å². The minimum Gasteiger partial charge on any atom is -0.295 e. The number of hydrogen-bond donors (Lipinski definition) is 0. The van der Waals surface area contributed by atoms with Crippen molar-refractivity contribution in [1.82, 2.24) is 0 Å². The molecule has 6 heavy (non-hydrogen) atoms. The highest BCUT2D eigenvalue weighted by Crippen LogP contribution is 1.83. The van der Waals surface area contributed by atoms with Gasteiger partial charge in [0, 0.05) is 0 Å². The third-order valence-electron chi connectivity index (χ3n) is 0.498. The van der Waals surface area contributed by atoms with Gasteiger partial charge in [0.25, 0.3) is 0 Å². The van der Waals surface area contributed by atoms with Crippen molar-refractivity contribution in [2.45, 2.75) is 6.92 Å². The van der Waals surface area contributed by atoms with Gasteiger partial charge >= 0.3 is 0 Å². The fraction of sp³-hybridized carbons (Fsp3) is 0.200. The second-order valence-electron chi connectivity index (χ2n) is 1.16. The Kier molecular flexibility index (Phi) is 1.58. The number of carbonyl (C=O) groups is 1. The molecule has 1 heteroatoms. The number of hydrogen-bond acceptors (Lipinski definition) is 1. The van der Waals surface area contributed by atoms with Crippen LogP contribution in [0.3, 0.4) is 0 Å². The van der Waals surface area contributed by atoms with Crippen molar-refractivity contribution in [2.75, 3.05) is 0 Å². The summed E-state index contributed by atoms with van der Waals surface area (Å²) in [6.45, 7) is 8.03. The van der Waals surface area contributed by atoms with E-state index in [0.717, 1.165) is 0 Å². The molecule has 1 nitrogen and oxygen atoms in total. The van der Waals surface area contributed by atoms with Gasteiger partial charge in [0.15, 0.2) is 5.78 Å². The normalized spacial score (nSPS) is 7.67. The van der Waals surface area contributed by atoms with Crippen molar-refractivity contribution >= 4 is 5.78 Å². The summed E-state index contributed by atoms with van der Waals surface area (Å²) in [5, 5.41) is 0. The van der Waals surface area contributed by atoms with Crippen LogP contribution < -0.4 is 0 Å². The van der Waals surface area contributed by atoms with E-state index < -0.39 is 0 Å². The molecule has 0 heterocycles. The molecule has 0 unspecified atom stereocenters. The Balaban J connectivity index is 3.57. The zero-order chi connectivity index (χ0) is 5.15. The maximum Gasteiger partial charge on any atom is 0.155 e. The first-order valence-electron chi connectivity index (χ1n) is 1.66. The lowest BCUT2D eigenvalue weighted by Crippen LogP contribution is -1.86. The molecule has 1 radical (unpaired) electrons. The Hall–Kier alpha value is -0.590. The van der Waals surface area contributed by atoms with Crippen LogP contribution in [0.4, 0.5) is 0 Å². The lowest BCUT2D eigenvalue weighted by Gasteiger charge is -1.80. The average Bonchev–Trinajstić information content (AvgIpc) is 1.36. The van der Waals surface area contributed by atoms with Crippen molar-refractivity contribution in [3.8, 4) is 0 Å². The molecular weight excluding hydrogens is 76.1 g/mol. The molecule has 0 aliphatic heterocycles. The SMILES string of the molecule is [CH2]C(=C)C(C)=O. The molecule has 0 amide bonds. The van der Waals surface area contributed by atoms with E-state index in [1.807, 2.05) is 0 Å². The maximum atomic E-state index is 9.98. The van der Waals surface area contributed by atoms with Crippen molar-refractivity contribution in [1.29, 1.82) is 0 Å². The van der Waals surface area contributed by atoms with Crippen LogP contribution in [0.1, 0.15) is 6.92 Å². The fourth-order valence-corrected chi connectivity index (χ4v) is 0. The first-order chi connectivity index (χ1) is 2.64. The monoisotopic (exact) mass is 83.0 g/mol. The molecule has 0 spiro atoms. The number of ketones is 1. The highest BCUT2D eigenvalue weighted by Gasteiger charge is 1.86. The molecule has 0 aliphatic carbocycles. The summed E-state index contributed by atoms with van der Waals surface area (Å²) in [5.74, 6) is -0.0463. The molecular formula is C5H7O. The molecule has 0 atom stereocenters. The van der Waals surface area contributed by atoms with Crippen molar-refractivity contribution in [2.24, 2.45) is 0 Å². The first kappa shape index (κ1) is 5.41. The van der Waals surface area contributed by atoms with Crippen LogP contribution in [0.5, 0.6) is 0 Å². The predicted octanol–water partition coefficient (Wildman–Crippen LogP) is 0.966. The predicted molar refractivity (Wildman–Crippen MR) is 25.2 cm³/mol. The van der Waals surface area contributed by atoms with Gasteiger partial charge in [-0.2, -0.15) is 0 Å². The Morgan fingerprint density at radius 2 is 1.83 bits per heavy atom. The van der Waals surface area contributed by atoms with Gasteiger partial charge < -0.3 is 0 Å². The van der Waals surface area contributed by atoms with Crippen molar-refractivity contribution in [3.63, 3.8) is 0 Å². The van der Waals surface area contributed by atoms with Crippen LogP contribution in [0.15, 0.2) is 12.2 Å². The van der Waals surface area contributed by atoms with Gasteiger partial charge in [-0.15, -0.1) is 0 Å². The zero-order valence-corrected chi connectivity index (χ0v) is 3.82. The van der Waals surface area contributed by atoms with Crippen molar-refractivity contribution in [3.05, 3.63) is 19.1 Å². The molecule has 0 aromatic rings. The summed E-state index contributed by atoms with van der Waals surface area (Å²) in [6, 6.07) is 0. The van der Waals surface area contributed by atoms with E-state index in [1.165, 1.54) is 6.92 Å². The Bertz CT molecular complexity index is 69.9. The quantitative estimate of drug-likeness (QED) is 0.431. The van der Waals surface area contributed by atoms with Gasteiger partial charge in [-0.25, -0.2) is 0 Å². The molecule has 0 saturated heterocycles. The summed E-state index contributed by atoms with van der Waals surface area (Å²) in [5.41, 5.74) is 0.370. The minimum absolute atomic E-state index is 0.0463. The molecule has 0 saturated carbocycles. The Morgan fingerprint density at radius 3 is 1.83 bits per heavy atom. The Morgan fingerprint density at radius 1 is 1.67 bits per heavy atom. The number of Topliss-reactive ketones (excluding diaryl/α,β-unsaturated/α-hetero) is 1. The molecule has 0 fully saturated rings. The van der Waals surface area contributed by atoms with Gasteiger partial charge in [-0.1, -0.05) is 6.58 Å². The second-order valence-corrected chi connectivity index (χ2v) is 1.16. The third-order valence-corrected chi connectivity index (χ3v) is 0.498. The van der Waals surface area contributed by atoms with E-state index in [2.05, 4.69) is 13.5 Å². The first-order valence-corrected chi connectivity index (χ1v) is 1.66. The lowest BCUT2D eigenvalue weighted by atomic mass is 10.3. The van der Waals surface area contributed by atoms with Crippen molar-refractivity contribution < 1.29 is 4.79 Å². The second kappa shape index (κ2) is 1.75. The van der Waals surface area contributed by atoms with Crippen LogP contribution >= 0.6 is 0 Å². The van der Waals surface area contributed by atoms with E-state index in [4.69, 9.17) is 0 Å². The molecule has 0 aliphatic rings. The van der Waals surface area contributed by atoms with Gasteiger partial charge in [-0.3, -0.25) is 4.79 Å². The maximum absolute atomic E-state index is 9.98.